The van der Waals surface area contributed by atoms with E-state index in [4.69, 9.17) is 4.99 Å². The number of alkyl halides is 3. The first-order valence-electron chi connectivity index (χ1n) is 17.7. The van der Waals surface area contributed by atoms with Crippen molar-refractivity contribution in [1.82, 2.24) is 0 Å². The molecule has 0 saturated carbocycles. The number of aliphatic imine (C=N–C) groups is 1. The molecule has 0 aromatic heterocycles. The number of phenolic OH excluding ortho intramolecular Hbond substituents is 1. The quantitative estimate of drug-likeness (QED) is 0.189. The molecule has 3 nitrogen and oxygen atoms in total. The van der Waals surface area contributed by atoms with Gasteiger partial charge in [0.2, 0.25) is 0 Å². The molecule has 4 rings (SSSR count). The molecule has 1 atom stereocenters. The number of benzene rings is 4. The van der Waals surface area contributed by atoms with Crippen molar-refractivity contribution in [3.8, 4) is 5.75 Å². The molecule has 6 heteroatoms. The zero-order chi connectivity index (χ0) is 38.4. The lowest BCUT2D eigenvalue weighted by Crippen LogP contribution is -2.42. The van der Waals surface area contributed by atoms with Crippen LogP contribution in [-0.4, -0.2) is 22.5 Å². The third-order valence-corrected chi connectivity index (χ3v) is 9.71. The molecule has 0 fully saturated rings. The van der Waals surface area contributed by atoms with Crippen molar-refractivity contribution in [2.45, 2.75) is 129 Å². The van der Waals surface area contributed by atoms with Gasteiger partial charge >= 0.3 is 6.18 Å². The molecule has 0 bridgehead atoms. The fraction of sp³-hybridized carbons (Fsp3) is 0.444. The van der Waals surface area contributed by atoms with Crippen LogP contribution in [0.5, 0.6) is 5.75 Å². The molecule has 4 aromatic carbocycles. The molecule has 0 heterocycles. The van der Waals surface area contributed by atoms with E-state index in [2.05, 4.69) is 119 Å². The predicted octanol–water partition coefficient (Wildman–Crippen LogP) is 11.6. The molecule has 2 N–H and O–H groups in total. The van der Waals surface area contributed by atoms with E-state index < -0.39 is 23.4 Å². The lowest BCUT2D eigenvalue weighted by molar-refractivity contribution is -0.137. The monoisotopic (exact) mass is 699 g/mol. The van der Waals surface area contributed by atoms with E-state index in [1.54, 1.807) is 0 Å². The zero-order valence-electron chi connectivity index (χ0n) is 32.4. The largest absolute Gasteiger partial charge is 0.507 e. The summed E-state index contributed by atoms with van der Waals surface area (Å²) < 4.78 is 41.4. The van der Waals surface area contributed by atoms with Crippen molar-refractivity contribution in [3.63, 3.8) is 0 Å². The minimum Gasteiger partial charge on any atom is -0.507 e. The summed E-state index contributed by atoms with van der Waals surface area (Å²) in [7, 11) is 0. The van der Waals surface area contributed by atoms with Gasteiger partial charge in [0.05, 0.1) is 11.6 Å². The topological polar surface area (TPSA) is 52.8 Å². The van der Waals surface area contributed by atoms with Crippen LogP contribution in [0, 0.1) is 0 Å². The van der Waals surface area contributed by atoms with Crippen molar-refractivity contribution < 1.29 is 23.4 Å². The molecule has 51 heavy (non-hydrogen) atoms. The summed E-state index contributed by atoms with van der Waals surface area (Å²) in [6.45, 7) is 25.7. The van der Waals surface area contributed by atoms with Crippen LogP contribution in [0.2, 0.25) is 0 Å². The highest BCUT2D eigenvalue weighted by Gasteiger charge is 2.43. The SMILES string of the molecule is CC(C)(C)c1cc(C(C)(C)C)cc(C(O)(c2cc(C(C)(C)C)cc(C(C)(C)C)c2)C(Cc2ccccc2)N=Cc2cc(C(F)(F)F)ccc2O)c1. The van der Waals surface area contributed by atoms with Crippen LogP contribution in [0.15, 0.2) is 89.9 Å². The number of halogens is 3. The predicted molar refractivity (Wildman–Crippen MR) is 205 cm³/mol. The van der Waals surface area contributed by atoms with Gasteiger partial charge < -0.3 is 10.2 Å². The summed E-state index contributed by atoms with van der Waals surface area (Å²) in [5.41, 5.74) is 2.61. The summed E-state index contributed by atoms with van der Waals surface area (Å²) in [4.78, 5) is 4.96. The van der Waals surface area contributed by atoms with Crippen LogP contribution in [-0.2, 0) is 39.9 Å². The Balaban J connectivity index is 2.18. The summed E-state index contributed by atoms with van der Waals surface area (Å²) in [6.07, 6.45) is -3.06. The normalized spacial score (nSPS) is 14.3. The van der Waals surface area contributed by atoms with Crippen LogP contribution in [0.3, 0.4) is 0 Å². The van der Waals surface area contributed by atoms with Crippen LogP contribution in [0.1, 0.15) is 133 Å². The van der Waals surface area contributed by atoms with Gasteiger partial charge in [0, 0.05) is 11.8 Å². The Morgan fingerprint density at radius 3 is 1.31 bits per heavy atom. The van der Waals surface area contributed by atoms with Crippen LogP contribution < -0.4 is 0 Å². The lowest BCUT2D eigenvalue weighted by atomic mass is 9.70. The van der Waals surface area contributed by atoms with Gasteiger partial charge in [-0.05, 0) is 85.2 Å². The standard InChI is InChI=1S/C45H56F3NO2/c1-40(2,3)32-22-33(41(4,5)6)25-36(24-32)44(51,37-26-34(42(7,8)9)23-35(27-37)43(10,11)12)39(20-29-16-14-13-15-17-29)49-28-30-21-31(45(46,47)48)18-19-38(30)50/h13-19,21-28,39,50-51H,20H2,1-12H3. The molecule has 4 aromatic rings. The molecule has 0 aliphatic carbocycles. The molecule has 0 amide bonds. The fourth-order valence-electron chi connectivity index (χ4n) is 6.13. The Kier molecular flexibility index (Phi) is 10.9. The lowest BCUT2D eigenvalue weighted by Gasteiger charge is -2.39. The minimum atomic E-state index is -4.60. The van der Waals surface area contributed by atoms with E-state index in [-0.39, 0.29) is 39.4 Å². The van der Waals surface area contributed by atoms with Crippen molar-refractivity contribution in [1.29, 1.82) is 0 Å². The van der Waals surface area contributed by atoms with E-state index in [0.717, 1.165) is 46.0 Å². The summed E-state index contributed by atoms with van der Waals surface area (Å²) in [5, 5.41) is 24.5. The second-order valence-corrected chi connectivity index (χ2v) is 18.1. The maximum atomic E-state index is 13.8. The highest BCUT2D eigenvalue weighted by atomic mass is 19.4. The number of hydrogen-bond donors (Lipinski definition) is 2. The van der Waals surface area contributed by atoms with Gasteiger partial charge in [-0.25, -0.2) is 0 Å². The van der Waals surface area contributed by atoms with E-state index >= 15 is 0 Å². The van der Waals surface area contributed by atoms with Gasteiger partial charge in [-0.3, -0.25) is 4.99 Å². The van der Waals surface area contributed by atoms with Gasteiger partial charge in [-0.1, -0.05) is 150 Å². The Labute approximate surface area is 303 Å². The third kappa shape index (κ3) is 9.32. The average Bonchev–Trinajstić information content (AvgIpc) is 3.01. The van der Waals surface area contributed by atoms with E-state index in [1.807, 2.05) is 30.3 Å². The Bertz CT molecular complexity index is 1720. The summed E-state index contributed by atoms with van der Waals surface area (Å²) >= 11 is 0. The number of nitrogens with zero attached hydrogens (tertiary/aromatic N) is 1. The van der Waals surface area contributed by atoms with Gasteiger partial charge in [0.1, 0.15) is 11.4 Å². The molecular formula is C45H56F3NO2. The van der Waals surface area contributed by atoms with E-state index in [0.29, 0.717) is 11.1 Å². The number of phenols is 1. The van der Waals surface area contributed by atoms with Crippen molar-refractivity contribution in [3.05, 3.63) is 135 Å². The number of aliphatic hydroxyl groups is 1. The first-order chi connectivity index (χ1) is 23.2. The van der Waals surface area contributed by atoms with E-state index in [1.165, 1.54) is 6.21 Å². The van der Waals surface area contributed by atoms with Crippen molar-refractivity contribution in [2.24, 2.45) is 4.99 Å². The molecule has 0 radical (unpaired) electrons. The molecule has 0 aliphatic heterocycles. The maximum absolute atomic E-state index is 13.8. The molecular weight excluding hydrogens is 643 g/mol. The summed E-state index contributed by atoms with van der Waals surface area (Å²) in [6, 6.07) is 24.2. The minimum absolute atomic E-state index is 0.0807. The number of rotatable bonds is 7. The van der Waals surface area contributed by atoms with E-state index in [9.17, 15) is 23.4 Å². The maximum Gasteiger partial charge on any atom is 0.416 e. The Hall–Kier alpha value is -3.90. The van der Waals surface area contributed by atoms with Crippen LogP contribution in [0.25, 0.3) is 0 Å². The van der Waals surface area contributed by atoms with Crippen molar-refractivity contribution >= 4 is 6.21 Å². The highest BCUT2D eigenvalue weighted by molar-refractivity contribution is 5.84. The second kappa shape index (κ2) is 13.9. The second-order valence-electron chi connectivity index (χ2n) is 18.1. The summed E-state index contributed by atoms with van der Waals surface area (Å²) in [5.74, 6) is -0.330. The number of aromatic hydroxyl groups is 1. The van der Waals surface area contributed by atoms with Crippen molar-refractivity contribution in [2.75, 3.05) is 0 Å². The Morgan fingerprint density at radius 2 is 0.941 bits per heavy atom. The third-order valence-electron chi connectivity index (χ3n) is 9.71. The zero-order valence-corrected chi connectivity index (χ0v) is 32.4. The van der Waals surface area contributed by atoms with Gasteiger partial charge in [0.15, 0.2) is 0 Å². The van der Waals surface area contributed by atoms with Gasteiger partial charge in [0.25, 0.3) is 0 Å². The van der Waals surface area contributed by atoms with Crippen LogP contribution >= 0.6 is 0 Å². The smallest absolute Gasteiger partial charge is 0.416 e. The molecule has 274 valence electrons. The number of hydrogen-bond acceptors (Lipinski definition) is 3. The van der Waals surface area contributed by atoms with Crippen LogP contribution in [0.4, 0.5) is 13.2 Å². The molecule has 0 aliphatic rings. The molecule has 0 spiro atoms. The first-order valence-corrected chi connectivity index (χ1v) is 17.7. The Morgan fingerprint density at radius 1 is 0.549 bits per heavy atom. The average molecular weight is 700 g/mol. The molecule has 0 saturated heterocycles. The first kappa shape index (κ1) is 39.9. The molecule has 1 unspecified atom stereocenters. The fourth-order valence-corrected chi connectivity index (χ4v) is 6.13. The highest BCUT2D eigenvalue weighted by Crippen LogP contribution is 2.44. The van der Waals surface area contributed by atoms with Gasteiger partial charge in [-0.15, -0.1) is 0 Å². The van der Waals surface area contributed by atoms with Gasteiger partial charge in [-0.2, -0.15) is 13.2 Å².